The van der Waals surface area contributed by atoms with Crippen molar-refractivity contribution in [1.82, 2.24) is 10.3 Å². The van der Waals surface area contributed by atoms with Crippen LogP contribution in [0.4, 0.5) is 15.8 Å². The average Bonchev–Trinajstić information content (AvgIpc) is 3.11. The van der Waals surface area contributed by atoms with Gasteiger partial charge in [0, 0.05) is 49.2 Å². The highest BCUT2D eigenvalue weighted by Gasteiger charge is 2.35. The summed E-state index contributed by atoms with van der Waals surface area (Å²) in [5, 5.41) is 3.88. The first-order valence-electron chi connectivity index (χ1n) is 9.60. The number of morpholine rings is 1. The van der Waals surface area contributed by atoms with Crippen molar-refractivity contribution in [3.63, 3.8) is 0 Å². The molecule has 2 aliphatic heterocycles. The van der Waals surface area contributed by atoms with E-state index in [1.807, 2.05) is 25.1 Å². The number of ether oxygens (including phenoxy) is 1. The molecule has 1 aromatic carbocycles. The molecule has 28 heavy (non-hydrogen) atoms. The van der Waals surface area contributed by atoms with Crippen molar-refractivity contribution in [1.29, 1.82) is 0 Å². The third-order valence-electron chi connectivity index (χ3n) is 5.53. The number of pyridine rings is 1. The molecular weight excluding hydrogens is 359 g/mol. The van der Waals surface area contributed by atoms with Crippen molar-refractivity contribution in [3.8, 4) is 0 Å². The van der Waals surface area contributed by atoms with Gasteiger partial charge >= 0.3 is 0 Å². The number of carbonyl (C=O) groups excluding carboxylic acids is 1. The molecule has 2 aliphatic rings. The van der Waals surface area contributed by atoms with Crippen LogP contribution in [0.1, 0.15) is 13.3 Å². The molecule has 6 nitrogen and oxygen atoms in total. The number of rotatable bonds is 4. The smallest absolute Gasteiger partial charge is 0.213 e. The lowest BCUT2D eigenvalue weighted by molar-refractivity contribution is -0.136. The second kappa shape index (κ2) is 7.82. The Balaban J connectivity index is 1.58. The molecule has 0 radical (unpaired) electrons. The minimum Gasteiger partial charge on any atom is -0.365 e. The molecule has 2 fully saturated rings. The molecular formula is C21H23FN4O2. The van der Waals surface area contributed by atoms with E-state index in [4.69, 9.17) is 11.3 Å². The van der Waals surface area contributed by atoms with Gasteiger partial charge in [-0.25, -0.2) is 9.24 Å². The number of fused-ring (bicyclic) bond motifs is 1. The van der Waals surface area contributed by atoms with E-state index in [0.717, 1.165) is 11.1 Å². The van der Waals surface area contributed by atoms with E-state index in [0.29, 0.717) is 37.4 Å². The minimum atomic E-state index is -0.975. The summed E-state index contributed by atoms with van der Waals surface area (Å²) < 4.78 is 19.8. The van der Waals surface area contributed by atoms with Gasteiger partial charge in [0.1, 0.15) is 12.3 Å². The molecule has 7 heteroatoms. The van der Waals surface area contributed by atoms with Crippen LogP contribution in [0.25, 0.3) is 15.7 Å². The Morgan fingerprint density at radius 1 is 1.39 bits per heavy atom. The summed E-state index contributed by atoms with van der Waals surface area (Å²) in [5.74, 6) is -0.321. The third kappa shape index (κ3) is 3.58. The normalized spacial score (nSPS) is 27.7. The molecule has 2 saturated heterocycles. The number of anilines is 1. The zero-order chi connectivity index (χ0) is 19.7. The summed E-state index contributed by atoms with van der Waals surface area (Å²) in [4.78, 5) is 22.8. The van der Waals surface area contributed by atoms with Crippen LogP contribution < -0.4 is 10.2 Å². The molecule has 3 heterocycles. The fourth-order valence-electron chi connectivity index (χ4n) is 4.13. The van der Waals surface area contributed by atoms with Crippen molar-refractivity contribution in [2.24, 2.45) is 5.92 Å². The summed E-state index contributed by atoms with van der Waals surface area (Å²) >= 11 is 0. The maximum Gasteiger partial charge on any atom is 0.213 e. The first kappa shape index (κ1) is 18.8. The van der Waals surface area contributed by atoms with Gasteiger partial charge in [-0.05, 0) is 19.1 Å². The summed E-state index contributed by atoms with van der Waals surface area (Å²) in [5.41, 5.74) is 2.11. The molecule has 0 amide bonds. The Hall–Kier alpha value is -2.56. The molecule has 2 aromatic rings. The second-order valence-electron chi connectivity index (χ2n) is 7.56. The summed E-state index contributed by atoms with van der Waals surface area (Å²) in [6, 6.07) is 7.48. The molecule has 0 spiro atoms. The third-order valence-corrected chi connectivity index (χ3v) is 5.53. The first-order chi connectivity index (χ1) is 13.6. The number of halogens is 1. The van der Waals surface area contributed by atoms with Gasteiger partial charge in [0.15, 0.2) is 5.78 Å². The Morgan fingerprint density at radius 2 is 2.25 bits per heavy atom. The number of aromatic nitrogens is 1. The number of alkyl halides is 1. The number of ketones is 1. The molecule has 0 saturated carbocycles. The van der Waals surface area contributed by atoms with Crippen LogP contribution >= 0.6 is 0 Å². The Labute approximate surface area is 163 Å². The number of hydrogen-bond acceptors (Lipinski definition) is 5. The van der Waals surface area contributed by atoms with Crippen molar-refractivity contribution < 1.29 is 13.9 Å². The van der Waals surface area contributed by atoms with Crippen LogP contribution in [-0.2, 0) is 9.53 Å². The zero-order valence-electron chi connectivity index (χ0n) is 15.8. The molecule has 0 aliphatic carbocycles. The maximum atomic E-state index is 13.9. The van der Waals surface area contributed by atoms with E-state index in [2.05, 4.69) is 20.0 Å². The maximum absolute atomic E-state index is 13.9. The fourth-order valence-corrected chi connectivity index (χ4v) is 4.13. The van der Waals surface area contributed by atoms with E-state index in [-0.39, 0.29) is 24.2 Å². The van der Waals surface area contributed by atoms with Gasteiger partial charge in [0.2, 0.25) is 5.69 Å². The lowest BCUT2D eigenvalue weighted by Gasteiger charge is -2.38. The highest BCUT2D eigenvalue weighted by atomic mass is 19.1. The van der Waals surface area contributed by atoms with Crippen molar-refractivity contribution in [3.05, 3.63) is 41.9 Å². The lowest BCUT2D eigenvalue weighted by atomic mass is 9.96. The SMILES string of the molecule is [C-]#[N+]c1ccc(N2C[C@@H](C)O[C@@H](C(=O)CC3CNC[C@H]3F)C2)c2cccnc12. The van der Waals surface area contributed by atoms with E-state index < -0.39 is 12.3 Å². The standard InChI is InChI=1S/C21H23FN4O2/c1-13-11-26(12-20(28-13)19(27)8-14-9-24-10-16(14)22)18-6-5-17(23-2)21-15(18)4-3-7-25-21/h3-7,13-14,16,20,24H,8-12H2,1H3/t13-,14?,16-,20-/m1/s1. The van der Waals surface area contributed by atoms with Gasteiger partial charge < -0.3 is 15.0 Å². The lowest BCUT2D eigenvalue weighted by Crippen LogP contribution is -2.50. The quantitative estimate of drug-likeness (QED) is 0.824. The minimum absolute atomic E-state index is 0.0480. The highest BCUT2D eigenvalue weighted by Crippen LogP contribution is 2.34. The zero-order valence-corrected chi connectivity index (χ0v) is 15.8. The Morgan fingerprint density at radius 3 is 3.00 bits per heavy atom. The second-order valence-corrected chi connectivity index (χ2v) is 7.56. The van der Waals surface area contributed by atoms with Gasteiger partial charge in [-0.3, -0.25) is 9.78 Å². The number of nitrogens with one attached hydrogen (secondary N) is 1. The van der Waals surface area contributed by atoms with Gasteiger partial charge in [0.25, 0.3) is 0 Å². The molecule has 1 aromatic heterocycles. The average molecular weight is 382 g/mol. The van der Waals surface area contributed by atoms with Crippen molar-refractivity contribution >= 4 is 28.1 Å². The molecule has 0 bridgehead atoms. The van der Waals surface area contributed by atoms with E-state index in [9.17, 15) is 9.18 Å². The summed E-state index contributed by atoms with van der Waals surface area (Å²) in [6.07, 6.45) is 0.190. The predicted molar refractivity (Wildman–Crippen MR) is 105 cm³/mol. The van der Waals surface area contributed by atoms with Crippen molar-refractivity contribution in [2.75, 3.05) is 31.1 Å². The topological polar surface area (TPSA) is 58.8 Å². The highest BCUT2D eigenvalue weighted by molar-refractivity contribution is 6.00. The van der Waals surface area contributed by atoms with Crippen LogP contribution in [0.5, 0.6) is 0 Å². The Kier molecular flexibility index (Phi) is 5.25. The fraction of sp³-hybridized carbons (Fsp3) is 0.476. The van der Waals surface area contributed by atoms with E-state index in [1.165, 1.54) is 0 Å². The predicted octanol–water partition coefficient (Wildman–Crippen LogP) is 2.90. The van der Waals surface area contributed by atoms with Crippen molar-refractivity contribution in [2.45, 2.75) is 31.7 Å². The molecule has 1 unspecified atom stereocenters. The van der Waals surface area contributed by atoms with Gasteiger partial charge in [0.05, 0.1) is 24.7 Å². The van der Waals surface area contributed by atoms with E-state index in [1.54, 1.807) is 12.3 Å². The summed E-state index contributed by atoms with van der Waals surface area (Å²) in [7, 11) is 0. The number of hydrogen-bond donors (Lipinski definition) is 1. The molecule has 1 N–H and O–H groups in total. The van der Waals surface area contributed by atoms with Crippen LogP contribution in [0.15, 0.2) is 30.5 Å². The Bertz CT molecular complexity index is 928. The van der Waals surface area contributed by atoms with Gasteiger partial charge in [-0.2, -0.15) is 0 Å². The molecule has 4 rings (SSSR count). The van der Waals surface area contributed by atoms with Crippen LogP contribution in [-0.4, -0.2) is 55.3 Å². The molecule has 4 atom stereocenters. The van der Waals surface area contributed by atoms with Crippen LogP contribution in [0.3, 0.4) is 0 Å². The first-order valence-corrected chi connectivity index (χ1v) is 9.60. The number of Topliss-reactive ketones (excluding diaryl/α,β-unsaturated/α-hetero) is 1. The van der Waals surface area contributed by atoms with Gasteiger partial charge in [-0.1, -0.05) is 12.1 Å². The molecule has 146 valence electrons. The monoisotopic (exact) mass is 382 g/mol. The number of carbonyl (C=O) groups is 1. The van der Waals surface area contributed by atoms with Crippen LogP contribution in [0.2, 0.25) is 0 Å². The van der Waals surface area contributed by atoms with Gasteiger partial charge in [-0.15, -0.1) is 0 Å². The van der Waals surface area contributed by atoms with Crippen LogP contribution in [0, 0.1) is 12.5 Å². The van der Waals surface area contributed by atoms with E-state index >= 15 is 0 Å². The largest absolute Gasteiger partial charge is 0.365 e. The number of benzene rings is 1. The summed E-state index contributed by atoms with van der Waals surface area (Å²) in [6.45, 7) is 11.2. The number of nitrogens with zero attached hydrogens (tertiary/aromatic N) is 3.